The molecule has 0 saturated heterocycles. The van der Waals surface area contributed by atoms with Gasteiger partial charge in [-0.05, 0) is 13.0 Å². The Morgan fingerprint density at radius 2 is 2.50 bits per heavy atom. The highest BCUT2D eigenvalue weighted by molar-refractivity contribution is 4.91. The Bertz CT molecular complexity index is 69.4. The number of aliphatic hydroxyl groups is 1. The number of aliphatic hydroxyl groups excluding tert-OH is 1. The summed E-state index contributed by atoms with van der Waals surface area (Å²) in [6.45, 7) is 0.552. The SMILES string of the molecule is CNCC#CO. The topological polar surface area (TPSA) is 32.3 Å². The summed E-state index contributed by atoms with van der Waals surface area (Å²) in [6, 6.07) is 0. The molecule has 0 fully saturated rings. The van der Waals surface area contributed by atoms with E-state index in [1.54, 1.807) is 13.2 Å². The molecule has 0 rings (SSSR count). The summed E-state index contributed by atoms with van der Waals surface area (Å²) < 4.78 is 0. The third kappa shape index (κ3) is 3.32. The van der Waals surface area contributed by atoms with Gasteiger partial charge in [-0.1, -0.05) is 0 Å². The van der Waals surface area contributed by atoms with Crippen LogP contribution in [0.5, 0.6) is 0 Å². The van der Waals surface area contributed by atoms with Gasteiger partial charge in [0.25, 0.3) is 0 Å². The maximum atomic E-state index is 7.80. The lowest BCUT2D eigenvalue weighted by atomic mass is 10.7. The summed E-state index contributed by atoms with van der Waals surface area (Å²) in [7, 11) is 1.77. The standard InChI is InChI=1S/C4H7NO/c1-5-3-2-4-6/h5-6H,3H2,1H3. The second-order valence-electron chi connectivity index (χ2n) is 0.819. The fourth-order valence-electron chi connectivity index (χ4n) is 0.128. The average Bonchev–Trinajstić information content (AvgIpc) is 1.61. The largest absolute Gasteiger partial charge is 0.462 e. The molecule has 2 nitrogen and oxygen atoms in total. The van der Waals surface area contributed by atoms with Gasteiger partial charge < -0.3 is 10.4 Å². The van der Waals surface area contributed by atoms with Gasteiger partial charge in [0.2, 0.25) is 0 Å². The first-order valence-electron chi connectivity index (χ1n) is 1.68. The van der Waals surface area contributed by atoms with E-state index in [0.29, 0.717) is 6.54 Å². The van der Waals surface area contributed by atoms with E-state index in [-0.39, 0.29) is 0 Å². The molecule has 2 heteroatoms. The number of nitrogens with one attached hydrogen (secondary N) is 1. The molecule has 34 valence electrons. The van der Waals surface area contributed by atoms with Crippen molar-refractivity contribution in [1.82, 2.24) is 5.32 Å². The molecule has 0 saturated carbocycles. The molecule has 0 aliphatic rings. The van der Waals surface area contributed by atoms with E-state index in [4.69, 9.17) is 5.11 Å². The summed E-state index contributed by atoms with van der Waals surface area (Å²) in [4.78, 5) is 0. The van der Waals surface area contributed by atoms with Crippen LogP contribution in [0, 0.1) is 12.0 Å². The van der Waals surface area contributed by atoms with Crippen molar-refractivity contribution in [2.45, 2.75) is 0 Å². The zero-order valence-electron chi connectivity index (χ0n) is 3.65. The highest BCUT2D eigenvalue weighted by Gasteiger charge is 1.60. The van der Waals surface area contributed by atoms with Crippen molar-refractivity contribution in [2.24, 2.45) is 0 Å². The van der Waals surface area contributed by atoms with Crippen molar-refractivity contribution in [2.75, 3.05) is 13.6 Å². The molecule has 6 heavy (non-hydrogen) atoms. The molecule has 0 heterocycles. The van der Waals surface area contributed by atoms with Crippen molar-refractivity contribution >= 4 is 0 Å². The lowest BCUT2D eigenvalue weighted by Crippen LogP contribution is -2.04. The maximum Gasteiger partial charge on any atom is 0.108 e. The third-order valence-electron chi connectivity index (χ3n) is 0.344. The molecule has 2 N–H and O–H groups in total. The summed E-state index contributed by atoms with van der Waals surface area (Å²) in [6.07, 6.45) is 1.76. The summed E-state index contributed by atoms with van der Waals surface area (Å²) in [5.41, 5.74) is 0. The highest BCUT2D eigenvalue weighted by Crippen LogP contribution is 1.43. The smallest absolute Gasteiger partial charge is 0.108 e. The molecule has 0 unspecified atom stereocenters. The van der Waals surface area contributed by atoms with Crippen LogP contribution in [0.2, 0.25) is 0 Å². The van der Waals surface area contributed by atoms with E-state index in [9.17, 15) is 0 Å². The first-order valence-corrected chi connectivity index (χ1v) is 1.68. The van der Waals surface area contributed by atoms with Gasteiger partial charge in [0.1, 0.15) is 6.11 Å². The van der Waals surface area contributed by atoms with E-state index >= 15 is 0 Å². The van der Waals surface area contributed by atoms with Crippen LogP contribution in [0.4, 0.5) is 0 Å². The summed E-state index contributed by atoms with van der Waals surface area (Å²) >= 11 is 0. The third-order valence-corrected chi connectivity index (χ3v) is 0.344. The van der Waals surface area contributed by atoms with Gasteiger partial charge in [-0.3, -0.25) is 0 Å². The molecule has 0 radical (unpaired) electrons. The fraction of sp³-hybridized carbons (Fsp3) is 0.500. The van der Waals surface area contributed by atoms with E-state index in [1.807, 2.05) is 0 Å². The van der Waals surface area contributed by atoms with E-state index < -0.39 is 0 Å². The maximum absolute atomic E-state index is 7.80. The van der Waals surface area contributed by atoms with Gasteiger partial charge in [-0.2, -0.15) is 0 Å². The van der Waals surface area contributed by atoms with Crippen molar-refractivity contribution in [3.63, 3.8) is 0 Å². The Kier molecular flexibility index (Phi) is 3.83. The minimum absolute atomic E-state index is 0.552. The van der Waals surface area contributed by atoms with Crippen LogP contribution in [0.1, 0.15) is 0 Å². The van der Waals surface area contributed by atoms with Gasteiger partial charge in [0.05, 0.1) is 6.54 Å². The highest BCUT2D eigenvalue weighted by atomic mass is 16.2. The van der Waals surface area contributed by atoms with Gasteiger partial charge in [0, 0.05) is 0 Å². The predicted octanol–water partition coefficient (Wildman–Crippen LogP) is -0.461. The average molecular weight is 85.1 g/mol. The quantitative estimate of drug-likeness (QED) is 0.422. The Morgan fingerprint density at radius 3 is 2.67 bits per heavy atom. The molecule has 0 aromatic carbocycles. The van der Waals surface area contributed by atoms with Crippen LogP contribution in [0.25, 0.3) is 0 Å². The van der Waals surface area contributed by atoms with Crippen LogP contribution < -0.4 is 5.32 Å². The van der Waals surface area contributed by atoms with Crippen LogP contribution in [-0.2, 0) is 0 Å². The Balaban J connectivity index is 2.79. The second-order valence-corrected chi connectivity index (χ2v) is 0.819. The summed E-state index contributed by atoms with van der Waals surface area (Å²) in [5, 5.41) is 10.5. The van der Waals surface area contributed by atoms with Crippen LogP contribution in [-0.4, -0.2) is 18.7 Å². The zero-order chi connectivity index (χ0) is 4.83. The van der Waals surface area contributed by atoms with E-state index in [1.165, 1.54) is 0 Å². The molecular formula is C4H7NO. The normalized spacial score (nSPS) is 6.17. The molecule has 0 aliphatic carbocycles. The van der Waals surface area contributed by atoms with Crippen molar-refractivity contribution in [3.05, 3.63) is 0 Å². The predicted molar refractivity (Wildman–Crippen MR) is 23.6 cm³/mol. The molecule has 0 amide bonds. The van der Waals surface area contributed by atoms with Gasteiger partial charge in [-0.15, -0.1) is 0 Å². The zero-order valence-corrected chi connectivity index (χ0v) is 3.65. The Labute approximate surface area is 37.2 Å². The van der Waals surface area contributed by atoms with Crippen LogP contribution in [0.15, 0.2) is 0 Å². The van der Waals surface area contributed by atoms with E-state index in [2.05, 4.69) is 11.2 Å². The number of hydrogen-bond donors (Lipinski definition) is 2. The minimum Gasteiger partial charge on any atom is -0.462 e. The number of hydrogen-bond acceptors (Lipinski definition) is 2. The van der Waals surface area contributed by atoms with Crippen molar-refractivity contribution in [1.29, 1.82) is 0 Å². The molecular weight excluding hydrogens is 78.0 g/mol. The lowest BCUT2D eigenvalue weighted by Gasteiger charge is -1.77. The molecule has 0 spiro atoms. The fourth-order valence-corrected chi connectivity index (χ4v) is 0.128. The van der Waals surface area contributed by atoms with Crippen molar-refractivity contribution < 1.29 is 5.11 Å². The molecule has 0 bridgehead atoms. The Morgan fingerprint density at radius 1 is 1.83 bits per heavy atom. The summed E-state index contributed by atoms with van der Waals surface area (Å²) in [5.74, 6) is 2.39. The van der Waals surface area contributed by atoms with E-state index in [0.717, 1.165) is 0 Å². The first-order chi connectivity index (χ1) is 2.91. The van der Waals surface area contributed by atoms with Gasteiger partial charge in [-0.25, -0.2) is 0 Å². The molecule has 0 aliphatic heterocycles. The molecule has 0 aromatic rings. The lowest BCUT2D eigenvalue weighted by molar-refractivity contribution is 0.516. The van der Waals surface area contributed by atoms with Crippen LogP contribution >= 0.6 is 0 Å². The monoisotopic (exact) mass is 85.1 g/mol. The van der Waals surface area contributed by atoms with Crippen LogP contribution in [0.3, 0.4) is 0 Å². The van der Waals surface area contributed by atoms with Gasteiger partial charge in [0.15, 0.2) is 0 Å². The second kappa shape index (κ2) is 4.32. The minimum atomic E-state index is 0.552. The molecule has 0 atom stereocenters. The number of rotatable bonds is 1. The van der Waals surface area contributed by atoms with Crippen molar-refractivity contribution in [3.8, 4) is 12.0 Å². The molecule has 0 aromatic heterocycles. The Hall–Kier alpha value is -0.680. The van der Waals surface area contributed by atoms with Gasteiger partial charge >= 0.3 is 0 Å². The first kappa shape index (κ1) is 5.32.